The molecule has 1 heterocycles. The molecule has 1 saturated heterocycles. The fourth-order valence-corrected chi connectivity index (χ4v) is 3.86. The van der Waals surface area contributed by atoms with E-state index in [0.717, 1.165) is 30.8 Å². The summed E-state index contributed by atoms with van der Waals surface area (Å²) < 4.78 is 38.5. The summed E-state index contributed by atoms with van der Waals surface area (Å²) in [4.78, 5) is 0. The van der Waals surface area contributed by atoms with Gasteiger partial charge in [0, 0.05) is 17.8 Å². The van der Waals surface area contributed by atoms with Gasteiger partial charge in [-0.1, -0.05) is 12.8 Å². The SMILES string of the molecule is FC(F)(F)C1CCCCC1NC1CCSC1. The smallest absolute Gasteiger partial charge is 0.310 e. The molecule has 2 fully saturated rings. The first-order chi connectivity index (χ1) is 7.57. The van der Waals surface area contributed by atoms with Gasteiger partial charge < -0.3 is 5.32 Å². The molecule has 0 aromatic heterocycles. The minimum Gasteiger partial charge on any atom is -0.310 e. The molecule has 0 bridgehead atoms. The number of nitrogens with one attached hydrogen (secondary N) is 1. The Morgan fingerprint density at radius 1 is 1.06 bits per heavy atom. The predicted octanol–water partition coefficient (Wildman–Crippen LogP) is 3.20. The van der Waals surface area contributed by atoms with Crippen LogP contribution in [0.3, 0.4) is 0 Å². The maximum Gasteiger partial charge on any atom is 0.393 e. The minimum atomic E-state index is -4.02. The second kappa shape index (κ2) is 5.17. The van der Waals surface area contributed by atoms with Gasteiger partial charge in [-0.3, -0.25) is 0 Å². The van der Waals surface area contributed by atoms with E-state index in [9.17, 15) is 13.2 Å². The molecule has 5 heteroatoms. The van der Waals surface area contributed by atoms with E-state index in [1.54, 1.807) is 0 Å². The molecule has 1 aliphatic heterocycles. The highest BCUT2D eigenvalue weighted by Crippen LogP contribution is 2.38. The first-order valence-electron chi connectivity index (χ1n) is 5.98. The lowest BCUT2D eigenvalue weighted by molar-refractivity contribution is -0.189. The van der Waals surface area contributed by atoms with Crippen molar-refractivity contribution in [2.75, 3.05) is 11.5 Å². The maximum absolute atomic E-state index is 12.8. The van der Waals surface area contributed by atoms with Gasteiger partial charge in [0.2, 0.25) is 0 Å². The molecule has 0 amide bonds. The fourth-order valence-electron chi connectivity index (χ4n) is 2.69. The Bertz CT molecular complexity index is 226. The van der Waals surface area contributed by atoms with Gasteiger partial charge in [0.25, 0.3) is 0 Å². The van der Waals surface area contributed by atoms with Gasteiger partial charge in [0.05, 0.1) is 5.92 Å². The van der Waals surface area contributed by atoms with Crippen LogP contribution < -0.4 is 5.32 Å². The number of thioether (sulfide) groups is 1. The van der Waals surface area contributed by atoms with Crippen LogP contribution >= 0.6 is 11.8 Å². The molecule has 3 atom stereocenters. The summed E-state index contributed by atoms with van der Waals surface area (Å²) in [6.45, 7) is 0. The molecule has 1 N–H and O–H groups in total. The second-order valence-corrected chi connectivity index (χ2v) is 5.92. The van der Waals surface area contributed by atoms with E-state index in [2.05, 4.69) is 5.32 Å². The number of hydrogen-bond donors (Lipinski definition) is 1. The molecule has 2 aliphatic rings. The molecule has 1 nitrogen and oxygen atoms in total. The van der Waals surface area contributed by atoms with Crippen molar-refractivity contribution in [3.05, 3.63) is 0 Å². The van der Waals surface area contributed by atoms with Gasteiger partial charge in [-0.15, -0.1) is 0 Å². The monoisotopic (exact) mass is 253 g/mol. The molecule has 16 heavy (non-hydrogen) atoms. The summed E-state index contributed by atoms with van der Waals surface area (Å²) in [7, 11) is 0. The summed E-state index contributed by atoms with van der Waals surface area (Å²) in [5.41, 5.74) is 0. The standard InChI is InChI=1S/C11H18F3NS/c12-11(13,14)9-3-1-2-4-10(9)15-8-5-6-16-7-8/h8-10,15H,1-7H2. The van der Waals surface area contributed by atoms with Crippen molar-refractivity contribution in [1.29, 1.82) is 0 Å². The van der Waals surface area contributed by atoms with E-state index >= 15 is 0 Å². The highest BCUT2D eigenvalue weighted by molar-refractivity contribution is 7.99. The highest BCUT2D eigenvalue weighted by atomic mass is 32.2. The zero-order chi connectivity index (χ0) is 11.6. The van der Waals surface area contributed by atoms with E-state index < -0.39 is 12.1 Å². The number of halogens is 3. The van der Waals surface area contributed by atoms with E-state index in [4.69, 9.17) is 0 Å². The van der Waals surface area contributed by atoms with Crippen molar-refractivity contribution in [3.63, 3.8) is 0 Å². The van der Waals surface area contributed by atoms with Crippen LogP contribution in [0.25, 0.3) is 0 Å². The van der Waals surface area contributed by atoms with Crippen molar-refractivity contribution in [2.45, 2.75) is 50.4 Å². The quantitative estimate of drug-likeness (QED) is 0.811. The van der Waals surface area contributed by atoms with Crippen LogP contribution in [0.5, 0.6) is 0 Å². The molecule has 0 spiro atoms. The predicted molar refractivity (Wildman–Crippen MR) is 60.7 cm³/mol. The van der Waals surface area contributed by atoms with Gasteiger partial charge >= 0.3 is 6.18 Å². The lowest BCUT2D eigenvalue weighted by atomic mass is 9.83. The average Bonchev–Trinajstić information content (AvgIpc) is 2.70. The Morgan fingerprint density at radius 2 is 1.81 bits per heavy atom. The highest BCUT2D eigenvalue weighted by Gasteiger charge is 2.45. The zero-order valence-electron chi connectivity index (χ0n) is 9.22. The largest absolute Gasteiger partial charge is 0.393 e. The normalized spacial score (nSPS) is 36.6. The van der Waals surface area contributed by atoms with Crippen molar-refractivity contribution >= 4 is 11.8 Å². The maximum atomic E-state index is 12.8. The minimum absolute atomic E-state index is 0.304. The topological polar surface area (TPSA) is 12.0 Å². The van der Waals surface area contributed by atoms with E-state index in [0.29, 0.717) is 18.9 Å². The first kappa shape index (κ1) is 12.6. The van der Waals surface area contributed by atoms with Crippen LogP contribution in [-0.2, 0) is 0 Å². The van der Waals surface area contributed by atoms with Crippen molar-refractivity contribution in [1.82, 2.24) is 5.32 Å². The molecule has 1 saturated carbocycles. The summed E-state index contributed by atoms with van der Waals surface area (Å²) in [6, 6.07) is -0.0320. The van der Waals surface area contributed by atoms with Crippen molar-refractivity contribution in [3.8, 4) is 0 Å². The lowest BCUT2D eigenvalue weighted by Crippen LogP contribution is -2.49. The lowest BCUT2D eigenvalue weighted by Gasteiger charge is -2.35. The van der Waals surface area contributed by atoms with Gasteiger partial charge in [0.1, 0.15) is 0 Å². The Hall–Kier alpha value is 0.100. The summed E-state index contributed by atoms with van der Waals surface area (Å²) in [5, 5.41) is 3.23. The fraction of sp³-hybridized carbons (Fsp3) is 1.00. The third-order valence-electron chi connectivity index (χ3n) is 3.57. The van der Waals surface area contributed by atoms with Gasteiger partial charge in [-0.25, -0.2) is 0 Å². The molecule has 0 aromatic rings. The summed E-state index contributed by atoms with van der Waals surface area (Å²) in [5.74, 6) is 0.939. The Labute approximate surface area is 98.5 Å². The van der Waals surface area contributed by atoms with Crippen LogP contribution in [0.15, 0.2) is 0 Å². The van der Waals surface area contributed by atoms with Gasteiger partial charge in [-0.2, -0.15) is 24.9 Å². The van der Waals surface area contributed by atoms with Crippen molar-refractivity contribution < 1.29 is 13.2 Å². The molecular weight excluding hydrogens is 235 g/mol. The molecule has 3 unspecified atom stereocenters. The Balaban J connectivity index is 1.93. The second-order valence-electron chi connectivity index (χ2n) is 4.77. The van der Waals surface area contributed by atoms with Crippen LogP contribution in [-0.4, -0.2) is 29.8 Å². The first-order valence-corrected chi connectivity index (χ1v) is 7.13. The van der Waals surface area contributed by atoms with Crippen LogP contribution in [0.1, 0.15) is 32.1 Å². The van der Waals surface area contributed by atoms with Crippen LogP contribution in [0, 0.1) is 5.92 Å². The molecular formula is C11H18F3NS. The van der Waals surface area contributed by atoms with Crippen LogP contribution in [0.2, 0.25) is 0 Å². The molecule has 0 radical (unpaired) electrons. The van der Waals surface area contributed by atoms with Gasteiger partial charge in [0.15, 0.2) is 0 Å². The molecule has 1 aliphatic carbocycles. The van der Waals surface area contributed by atoms with Gasteiger partial charge in [-0.05, 0) is 25.0 Å². The van der Waals surface area contributed by atoms with E-state index in [-0.39, 0.29) is 6.04 Å². The Kier molecular flexibility index (Phi) is 4.06. The third kappa shape index (κ3) is 3.06. The van der Waals surface area contributed by atoms with Crippen molar-refractivity contribution in [2.24, 2.45) is 5.92 Å². The number of rotatable bonds is 2. The van der Waals surface area contributed by atoms with Crippen LogP contribution in [0.4, 0.5) is 13.2 Å². The average molecular weight is 253 g/mol. The third-order valence-corrected chi connectivity index (χ3v) is 4.73. The summed E-state index contributed by atoms with van der Waals surface area (Å²) >= 11 is 1.84. The number of alkyl halides is 3. The zero-order valence-corrected chi connectivity index (χ0v) is 10.0. The van der Waals surface area contributed by atoms with E-state index in [1.807, 2.05) is 11.8 Å². The Morgan fingerprint density at radius 3 is 2.44 bits per heavy atom. The number of hydrogen-bond acceptors (Lipinski definition) is 2. The molecule has 0 aromatic carbocycles. The molecule has 94 valence electrons. The van der Waals surface area contributed by atoms with E-state index in [1.165, 1.54) is 0 Å². The summed E-state index contributed by atoms with van der Waals surface area (Å²) in [6.07, 6.45) is -0.353. The molecule has 2 rings (SSSR count).